The lowest BCUT2D eigenvalue weighted by Gasteiger charge is -2.21. The lowest BCUT2D eigenvalue weighted by molar-refractivity contribution is -0.118. The van der Waals surface area contributed by atoms with E-state index in [4.69, 9.17) is 21.3 Å². The summed E-state index contributed by atoms with van der Waals surface area (Å²) in [5.41, 5.74) is 2.76. The first kappa shape index (κ1) is 20.0. The fourth-order valence-electron chi connectivity index (χ4n) is 3.04. The van der Waals surface area contributed by atoms with Crippen molar-refractivity contribution in [2.75, 3.05) is 29.9 Å². The van der Waals surface area contributed by atoms with Crippen molar-refractivity contribution in [2.24, 2.45) is 0 Å². The normalized spacial score (nSPS) is 10.7. The summed E-state index contributed by atoms with van der Waals surface area (Å²) >= 11 is 5.84. The van der Waals surface area contributed by atoms with Gasteiger partial charge in [-0.05, 0) is 74.9 Å². The highest BCUT2D eigenvalue weighted by Crippen LogP contribution is 2.25. The Hall–Kier alpha value is -2.79. The van der Waals surface area contributed by atoms with E-state index >= 15 is 0 Å². The van der Waals surface area contributed by atoms with Crippen LogP contribution in [0.5, 0.6) is 5.75 Å². The molecule has 0 aliphatic heterocycles. The number of halogens is 1. The molecule has 2 aromatic carbocycles. The van der Waals surface area contributed by atoms with Gasteiger partial charge in [-0.2, -0.15) is 0 Å². The summed E-state index contributed by atoms with van der Waals surface area (Å²) in [6, 6.07) is 14.7. The number of rotatable bonds is 7. The maximum absolute atomic E-state index is 12.2. The first-order valence-corrected chi connectivity index (χ1v) is 9.72. The Morgan fingerprint density at radius 3 is 2.50 bits per heavy atom. The van der Waals surface area contributed by atoms with E-state index in [1.54, 1.807) is 24.3 Å². The number of carbonyl (C=O) groups is 1. The van der Waals surface area contributed by atoms with Crippen LogP contribution >= 0.6 is 11.6 Å². The number of fused-ring (bicyclic) bond motifs is 1. The van der Waals surface area contributed by atoms with Gasteiger partial charge in [0.05, 0.1) is 5.52 Å². The Kier molecular flexibility index (Phi) is 6.37. The predicted molar refractivity (Wildman–Crippen MR) is 116 cm³/mol. The van der Waals surface area contributed by atoms with E-state index in [-0.39, 0.29) is 12.5 Å². The summed E-state index contributed by atoms with van der Waals surface area (Å²) in [5.74, 6) is 1.35. The molecule has 0 bridgehead atoms. The molecule has 0 spiro atoms. The number of amides is 1. The molecule has 1 aromatic heterocycles. The van der Waals surface area contributed by atoms with Crippen molar-refractivity contribution in [2.45, 2.75) is 20.8 Å². The molecule has 0 radical (unpaired) electrons. The molecule has 28 heavy (non-hydrogen) atoms. The monoisotopic (exact) mass is 397 g/mol. The van der Waals surface area contributed by atoms with Gasteiger partial charge in [-0.15, -0.1) is 0 Å². The Morgan fingerprint density at radius 2 is 1.82 bits per heavy atom. The van der Waals surface area contributed by atoms with Crippen molar-refractivity contribution in [1.29, 1.82) is 0 Å². The highest BCUT2D eigenvalue weighted by Gasteiger charge is 2.10. The van der Waals surface area contributed by atoms with Crippen molar-refractivity contribution in [3.05, 3.63) is 59.1 Å². The molecule has 0 aliphatic rings. The van der Waals surface area contributed by atoms with Crippen LogP contribution in [0.15, 0.2) is 48.5 Å². The average molecular weight is 398 g/mol. The highest BCUT2D eigenvalue weighted by atomic mass is 35.5. The minimum Gasteiger partial charge on any atom is -0.484 e. The molecule has 1 heterocycles. The lowest BCUT2D eigenvalue weighted by atomic mass is 10.1. The highest BCUT2D eigenvalue weighted by molar-refractivity contribution is 6.30. The van der Waals surface area contributed by atoms with Gasteiger partial charge in [0, 0.05) is 29.2 Å². The number of carbonyl (C=O) groups excluding carboxylic acids is 1. The van der Waals surface area contributed by atoms with Crippen LogP contribution in [0.25, 0.3) is 10.9 Å². The second-order valence-corrected chi connectivity index (χ2v) is 6.93. The van der Waals surface area contributed by atoms with Gasteiger partial charge in [0.25, 0.3) is 5.91 Å². The van der Waals surface area contributed by atoms with Crippen LogP contribution in [0.2, 0.25) is 5.02 Å². The summed E-state index contributed by atoms with van der Waals surface area (Å²) in [4.78, 5) is 19.2. The number of benzene rings is 2. The summed E-state index contributed by atoms with van der Waals surface area (Å²) in [7, 11) is 0. The Labute approximate surface area is 170 Å². The topological polar surface area (TPSA) is 54.5 Å². The van der Waals surface area contributed by atoms with Gasteiger partial charge in [-0.1, -0.05) is 11.6 Å². The molecule has 0 aliphatic carbocycles. The Morgan fingerprint density at radius 1 is 1.11 bits per heavy atom. The van der Waals surface area contributed by atoms with Crippen molar-refractivity contribution >= 4 is 39.9 Å². The minimum absolute atomic E-state index is 0.0716. The zero-order valence-electron chi connectivity index (χ0n) is 16.3. The maximum atomic E-state index is 12.2. The summed E-state index contributed by atoms with van der Waals surface area (Å²) in [6.07, 6.45) is 0. The van der Waals surface area contributed by atoms with Crippen molar-refractivity contribution < 1.29 is 9.53 Å². The predicted octanol–water partition coefficient (Wildman–Crippen LogP) is 5.06. The van der Waals surface area contributed by atoms with Gasteiger partial charge in [-0.25, -0.2) is 4.98 Å². The van der Waals surface area contributed by atoms with E-state index in [0.717, 1.165) is 41.1 Å². The fraction of sp³-hybridized carbons (Fsp3) is 0.273. The Balaban J connectivity index is 1.71. The van der Waals surface area contributed by atoms with Crippen LogP contribution in [0.1, 0.15) is 19.4 Å². The average Bonchev–Trinajstić information content (AvgIpc) is 2.69. The fourth-order valence-corrected chi connectivity index (χ4v) is 3.17. The van der Waals surface area contributed by atoms with E-state index in [2.05, 4.69) is 37.1 Å². The van der Waals surface area contributed by atoms with Gasteiger partial charge >= 0.3 is 0 Å². The maximum Gasteiger partial charge on any atom is 0.262 e. The van der Waals surface area contributed by atoms with Crippen LogP contribution in [-0.2, 0) is 4.79 Å². The molecule has 6 heteroatoms. The van der Waals surface area contributed by atoms with Crippen molar-refractivity contribution in [3.8, 4) is 5.75 Å². The first-order chi connectivity index (χ1) is 13.5. The third kappa shape index (κ3) is 4.73. The zero-order valence-corrected chi connectivity index (χ0v) is 17.1. The number of pyridine rings is 1. The van der Waals surface area contributed by atoms with Crippen LogP contribution in [0.3, 0.4) is 0 Å². The third-order valence-corrected chi connectivity index (χ3v) is 4.81. The van der Waals surface area contributed by atoms with Crippen LogP contribution in [-0.4, -0.2) is 30.6 Å². The molecule has 0 saturated heterocycles. The van der Waals surface area contributed by atoms with E-state index in [1.165, 1.54) is 0 Å². The van der Waals surface area contributed by atoms with Gasteiger partial charge in [0.1, 0.15) is 11.6 Å². The van der Waals surface area contributed by atoms with E-state index < -0.39 is 0 Å². The van der Waals surface area contributed by atoms with Crippen LogP contribution in [0.4, 0.5) is 11.5 Å². The van der Waals surface area contributed by atoms with E-state index in [0.29, 0.717) is 10.8 Å². The quantitative estimate of drug-likeness (QED) is 0.605. The number of hydrogen-bond donors (Lipinski definition) is 1. The molecule has 0 fully saturated rings. The second-order valence-electron chi connectivity index (χ2n) is 6.49. The molecule has 3 aromatic rings. The van der Waals surface area contributed by atoms with E-state index in [9.17, 15) is 4.79 Å². The van der Waals surface area contributed by atoms with Crippen molar-refractivity contribution in [1.82, 2.24) is 4.98 Å². The summed E-state index contributed by atoms with van der Waals surface area (Å²) < 4.78 is 5.48. The van der Waals surface area contributed by atoms with Crippen molar-refractivity contribution in [3.63, 3.8) is 0 Å². The number of nitrogens with one attached hydrogen (secondary N) is 1. The number of anilines is 2. The number of hydrogen-bond acceptors (Lipinski definition) is 4. The SMILES string of the molecule is CCN(CC)c1cc(C)c2cc(NC(=O)COc3ccc(Cl)cc3)ccc2n1. The zero-order chi connectivity index (χ0) is 20.1. The largest absolute Gasteiger partial charge is 0.484 e. The molecule has 146 valence electrons. The molecule has 0 saturated carbocycles. The minimum atomic E-state index is -0.223. The first-order valence-electron chi connectivity index (χ1n) is 9.34. The van der Waals surface area contributed by atoms with Crippen LogP contribution < -0.4 is 15.0 Å². The molecule has 1 amide bonds. The summed E-state index contributed by atoms with van der Waals surface area (Å²) in [5, 5.41) is 4.52. The number of aryl methyl sites for hydroxylation is 1. The molecule has 1 N–H and O–H groups in total. The summed E-state index contributed by atoms with van der Waals surface area (Å²) in [6.45, 7) is 8.06. The molecular weight excluding hydrogens is 374 g/mol. The number of aromatic nitrogens is 1. The second kappa shape index (κ2) is 8.93. The van der Waals surface area contributed by atoms with Gasteiger partial charge in [-0.3, -0.25) is 4.79 Å². The molecule has 3 rings (SSSR count). The molecular formula is C22H24ClN3O2. The smallest absolute Gasteiger partial charge is 0.262 e. The Bertz CT molecular complexity index is 969. The molecule has 5 nitrogen and oxygen atoms in total. The number of nitrogens with zero attached hydrogens (tertiary/aromatic N) is 2. The number of ether oxygens (including phenoxy) is 1. The van der Waals surface area contributed by atoms with Crippen LogP contribution in [0, 0.1) is 6.92 Å². The molecule has 0 unspecified atom stereocenters. The van der Waals surface area contributed by atoms with E-state index in [1.807, 2.05) is 18.2 Å². The third-order valence-electron chi connectivity index (χ3n) is 4.56. The molecule has 0 atom stereocenters. The van der Waals surface area contributed by atoms with Gasteiger partial charge in [0.15, 0.2) is 6.61 Å². The van der Waals surface area contributed by atoms with Gasteiger partial charge in [0.2, 0.25) is 0 Å². The van der Waals surface area contributed by atoms with Gasteiger partial charge < -0.3 is 15.0 Å². The standard InChI is InChI=1S/C22H24ClN3O2/c1-4-26(5-2)21-12-15(3)19-13-17(8-11-20(19)25-21)24-22(27)14-28-18-9-6-16(23)7-10-18/h6-13H,4-5,14H2,1-3H3,(H,24,27). The lowest BCUT2D eigenvalue weighted by Crippen LogP contribution is -2.23.